The Balaban J connectivity index is 2.14. The summed E-state index contributed by atoms with van der Waals surface area (Å²) < 4.78 is -1.84. The van der Waals surface area contributed by atoms with Crippen molar-refractivity contribution in [3.05, 3.63) is 70.3 Å². The van der Waals surface area contributed by atoms with Gasteiger partial charge in [0.25, 0.3) is 11.6 Å². The van der Waals surface area contributed by atoms with Gasteiger partial charge in [0, 0.05) is 23.4 Å². The Kier molecular flexibility index (Phi) is 5.88. The summed E-state index contributed by atoms with van der Waals surface area (Å²) in [5.74, 6) is -0.429. The molecule has 126 valence electrons. The number of nitrogens with one attached hydrogen (secondary N) is 2. The molecule has 2 aromatic carbocycles. The van der Waals surface area contributed by atoms with Gasteiger partial charge in [-0.15, -0.1) is 0 Å². The number of carbonyl (C=O) groups excluding carboxylic acids is 1. The molecular formula is C15H12Cl3N3O3. The van der Waals surface area contributed by atoms with Crippen LogP contribution < -0.4 is 10.6 Å². The molecule has 0 radical (unpaired) electrons. The third-order valence-corrected chi connectivity index (χ3v) is 3.68. The van der Waals surface area contributed by atoms with Crippen LogP contribution in [0.3, 0.4) is 0 Å². The Morgan fingerprint density at radius 3 is 2.12 bits per heavy atom. The fourth-order valence-corrected chi connectivity index (χ4v) is 2.18. The molecule has 0 fully saturated rings. The van der Waals surface area contributed by atoms with Gasteiger partial charge in [-0.05, 0) is 24.3 Å². The molecule has 0 bridgehead atoms. The van der Waals surface area contributed by atoms with E-state index in [4.69, 9.17) is 34.8 Å². The number of non-ortho nitro benzene ring substituents is 1. The molecule has 24 heavy (non-hydrogen) atoms. The molecule has 0 saturated carbocycles. The number of carbonyl (C=O) groups is 1. The Bertz CT molecular complexity index is 718. The summed E-state index contributed by atoms with van der Waals surface area (Å²) in [5, 5.41) is 16.1. The van der Waals surface area contributed by atoms with Crippen LogP contribution in [-0.4, -0.2) is 20.8 Å². The van der Waals surface area contributed by atoms with E-state index in [2.05, 4.69) is 10.6 Å². The minimum absolute atomic E-state index is 0.0701. The fourth-order valence-electron chi connectivity index (χ4n) is 1.85. The van der Waals surface area contributed by atoms with Gasteiger partial charge in [0.15, 0.2) is 0 Å². The van der Waals surface area contributed by atoms with Gasteiger partial charge in [-0.2, -0.15) is 0 Å². The molecule has 0 aliphatic heterocycles. The number of halogens is 3. The largest absolute Gasteiger partial charge is 0.362 e. The number of hydrogen-bond donors (Lipinski definition) is 2. The second-order valence-corrected chi connectivity index (χ2v) is 7.13. The normalized spacial score (nSPS) is 12.3. The molecule has 0 spiro atoms. The van der Waals surface area contributed by atoms with E-state index in [0.717, 1.165) is 0 Å². The first-order valence-electron chi connectivity index (χ1n) is 6.71. The summed E-state index contributed by atoms with van der Waals surface area (Å²) in [7, 11) is 0. The average molecular weight is 389 g/mol. The Morgan fingerprint density at radius 2 is 1.62 bits per heavy atom. The Morgan fingerprint density at radius 1 is 1.04 bits per heavy atom. The van der Waals surface area contributed by atoms with Crippen molar-refractivity contribution in [3.63, 3.8) is 0 Å². The van der Waals surface area contributed by atoms with Crippen LogP contribution in [0.2, 0.25) is 0 Å². The second-order valence-electron chi connectivity index (χ2n) is 4.76. The number of rotatable bonds is 5. The first-order valence-corrected chi connectivity index (χ1v) is 7.84. The quantitative estimate of drug-likeness (QED) is 0.349. The Hall–Kier alpha value is -2.02. The highest BCUT2D eigenvalue weighted by Crippen LogP contribution is 2.31. The van der Waals surface area contributed by atoms with E-state index in [9.17, 15) is 14.9 Å². The van der Waals surface area contributed by atoms with Crippen molar-refractivity contribution >= 4 is 52.1 Å². The lowest BCUT2D eigenvalue weighted by molar-refractivity contribution is -0.384. The second kappa shape index (κ2) is 7.70. The minimum Gasteiger partial charge on any atom is -0.362 e. The van der Waals surface area contributed by atoms with Gasteiger partial charge < -0.3 is 10.6 Å². The molecule has 2 N–H and O–H groups in total. The number of nitro groups is 1. The van der Waals surface area contributed by atoms with Crippen LogP contribution in [0.5, 0.6) is 0 Å². The van der Waals surface area contributed by atoms with Crippen LogP contribution in [0.1, 0.15) is 10.4 Å². The van der Waals surface area contributed by atoms with E-state index < -0.39 is 20.8 Å². The van der Waals surface area contributed by atoms with Crippen molar-refractivity contribution in [1.82, 2.24) is 5.32 Å². The van der Waals surface area contributed by atoms with E-state index >= 15 is 0 Å². The van der Waals surface area contributed by atoms with Crippen molar-refractivity contribution in [3.8, 4) is 0 Å². The summed E-state index contributed by atoms with van der Waals surface area (Å²) in [4.78, 5) is 22.4. The average Bonchev–Trinajstić information content (AvgIpc) is 2.54. The molecular weight excluding hydrogens is 377 g/mol. The zero-order chi connectivity index (χ0) is 17.7. The SMILES string of the molecule is O=C(N[C@@H](Nc1ccc([N+](=O)[O-])cc1)C(Cl)(Cl)Cl)c1ccccc1. The van der Waals surface area contributed by atoms with E-state index in [1.54, 1.807) is 30.3 Å². The first kappa shape index (κ1) is 18.3. The number of benzene rings is 2. The number of anilines is 1. The summed E-state index contributed by atoms with van der Waals surface area (Å²) in [6, 6.07) is 14.0. The Labute approximate surface area is 152 Å². The van der Waals surface area contributed by atoms with Crippen LogP contribution in [0.15, 0.2) is 54.6 Å². The van der Waals surface area contributed by atoms with Crippen LogP contribution in [0, 0.1) is 10.1 Å². The predicted octanol–water partition coefficient (Wildman–Crippen LogP) is 4.13. The van der Waals surface area contributed by atoms with Gasteiger partial charge in [-0.25, -0.2) is 0 Å². The van der Waals surface area contributed by atoms with Crippen molar-refractivity contribution in [2.45, 2.75) is 9.96 Å². The first-order chi connectivity index (χ1) is 11.3. The van der Waals surface area contributed by atoms with E-state index in [1.165, 1.54) is 24.3 Å². The van der Waals surface area contributed by atoms with Gasteiger partial charge in [0.05, 0.1) is 4.92 Å². The number of hydrogen-bond acceptors (Lipinski definition) is 4. The molecule has 1 atom stereocenters. The predicted molar refractivity (Wildman–Crippen MR) is 94.7 cm³/mol. The smallest absolute Gasteiger partial charge is 0.269 e. The highest BCUT2D eigenvalue weighted by molar-refractivity contribution is 6.68. The molecule has 1 amide bonds. The van der Waals surface area contributed by atoms with Crippen molar-refractivity contribution in [1.29, 1.82) is 0 Å². The maximum Gasteiger partial charge on any atom is 0.269 e. The summed E-state index contributed by atoms with van der Waals surface area (Å²) in [6.07, 6.45) is -1.04. The fraction of sp³-hybridized carbons (Fsp3) is 0.133. The lowest BCUT2D eigenvalue weighted by Gasteiger charge is -2.27. The summed E-state index contributed by atoms with van der Waals surface area (Å²) >= 11 is 17.7. The molecule has 0 saturated heterocycles. The molecule has 0 unspecified atom stereocenters. The molecule has 2 rings (SSSR count). The van der Waals surface area contributed by atoms with Gasteiger partial charge >= 0.3 is 0 Å². The molecule has 0 aliphatic carbocycles. The maximum atomic E-state index is 12.2. The topological polar surface area (TPSA) is 84.3 Å². The van der Waals surface area contributed by atoms with Crippen LogP contribution in [0.4, 0.5) is 11.4 Å². The number of amides is 1. The van der Waals surface area contributed by atoms with Crippen molar-refractivity contribution in [2.24, 2.45) is 0 Å². The highest BCUT2D eigenvalue weighted by Gasteiger charge is 2.34. The van der Waals surface area contributed by atoms with E-state index in [0.29, 0.717) is 11.3 Å². The molecule has 6 nitrogen and oxygen atoms in total. The third kappa shape index (κ3) is 4.99. The monoisotopic (exact) mass is 387 g/mol. The molecule has 0 heterocycles. The van der Waals surface area contributed by atoms with Gasteiger partial charge in [0.2, 0.25) is 3.79 Å². The standard InChI is InChI=1S/C15H12Cl3N3O3/c16-15(17,18)14(20-13(22)10-4-2-1-3-5-10)19-11-6-8-12(9-7-11)21(23)24/h1-9,14,19H,(H,20,22)/t14-/m1/s1. The third-order valence-electron chi connectivity index (χ3n) is 3.03. The van der Waals surface area contributed by atoms with Gasteiger partial charge in [0.1, 0.15) is 6.17 Å². The number of nitro benzene ring substituents is 1. The number of alkyl halides is 3. The van der Waals surface area contributed by atoms with Crippen LogP contribution in [-0.2, 0) is 0 Å². The minimum atomic E-state index is -1.84. The highest BCUT2D eigenvalue weighted by atomic mass is 35.6. The maximum absolute atomic E-state index is 12.2. The molecule has 2 aromatic rings. The van der Waals surface area contributed by atoms with Crippen LogP contribution in [0.25, 0.3) is 0 Å². The lowest BCUT2D eigenvalue weighted by atomic mass is 10.2. The van der Waals surface area contributed by atoms with E-state index in [-0.39, 0.29) is 5.69 Å². The lowest BCUT2D eigenvalue weighted by Crippen LogP contribution is -2.49. The summed E-state index contributed by atoms with van der Waals surface area (Å²) in [5.41, 5.74) is 0.784. The van der Waals surface area contributed by atoms with Crippen LogP contribution >= 0.6 is 34.8 Å². The molecule has 0 aliphatic rings. The number of nitrogens with zero attached hydrogens (tertiary/aromatic N) is 1. The zero-order valence-electron chi connectivity index (χ0n) is 12.1. The van der Waals surface area contributed by atoms with Gasteiger partial charge in [-0.3, -0.25) is 14.9 Å². The van der Waals surface area contributed by atoms with E-state index in [1.807, 2.05) is 0 Å². The van der Waals surface area contributed by atoms with Gasteiger partial charge in [-0.1, -0.05) is 53.0 Å². The summed E-state index contributed by atoms with van der Waals surface area (Å²) in [6.45, 7) is 0. The molecule has 0 aromatic heterocycles. The van der Waals surface area contributed by atoms with Crippen molar-refractivity contribution in [2.75, 3.05) is 5.32 Å². The zero-order valence-corrected chi connectivity index (χ0v) is 14.3. The molecule has 9 heteroatoms. The van der Waals surface area contributed by atoms with Crippen molar-refractivity contribution < 1.29 is 9.72 Å².